The Hall–Kier alpha value is -1.38. The second kappa shape index (κ2) is 2.83. The van der Waals surface area contributed by atoms with Crippen LogP contribution in [0.15, 0.2) is 18.2 Å². The van der Waals surface area contributed by atoms with E-state index in [4.69, 9.17) is 0 Å². The zero-order valence-corrected chi connectivity index (χ0v) is 7.71. The lowest BCUT2D eigenvalue weighted by Crippen LogP contribution is -1.92. The Labute approximate surface area is 76.0 Å². The predicted molar refractivity (Wildman–Crippen MR) is 50.1 cm³/mol. The average Bonchev–Trinajstić information content (AvgIpc) is 2.44. The van der Waals surface area contributed by atoms with Crippen molar-refractivity contribution in [2.24, 2.45) is 7.05 Å². The van der Waals surface area contributed by atoms with Crippen molar-refractivity contribution < 1.29 is 4.39 Å². The fourth-order valence-corrected chi connectivity index (χ4v) is 1.62. The van der Waals surface area contributed by atoms with Crippen molar-refractivity contribution in [3.63, 3.8) is 0 Å². The van der Waals surface area contributed by atoms with E-state index in [1.165, 1.54) is 6.07 Å². The van der Waals surface area contributed by atoms with E-state index in [1.807, 2.05) is 13.0 Å². The van der Waals surface area contributed by atoms with Gasteiger partial charge in [0.25, 0.3) is 0 Å². The molecule has 0 bridgehead atoms. The lowest BCUT2D eigenvalue weighted by molar-refractivity contribution is 0.625. The number of fused-ring (bicyclic) bond motifs is 1. The number of aryl methyl sites for hydroxylation is 2. The van der Waals surface area contributed by atoms with Crippen molar-refractivity contribution in [1.82, 2.24) is 9.78 Å². The molecule has 2 aromatic rings. The number of nitrogens with zero attached hydrogens (tertiary/aromatic N) is 2. The van der Waals surface area contributed by atoms with Crippen molar-refractivity contribution in [3.05, 3.63) is 29.7 Å². The van der Waals surface area contributed by atoms with Crippen molar-refractivity contribution in [1.29, 1.82) is 0 Å². The number of hydrogen-bond donors (Lipinski definition) is 0. The van der Waals surface area contributed by atoms with Crippen LogP contribution in [-0.4, -0.2) is 9.78 Å². The van der Waals surface area contributed by atoms with Crippen molar-refractivity contribution in [2.45, 2.75) is 13.3 Å². The van der Waals surface area contributed by atoms with Gasteiger partial charge < -0.3 is 0 Å². The summed E-state index contributed by atoms with van der Waals surface area (Å²) >= 11 is 0. The van der Waals surface area contributed by atoms with Gasteiger partial charge in [0, 0.05) is 12.4 Å². The molecular formula is C10H11FN2. The van der Waals surface area contributed by atoms with Crippen molar-refractivity contribution in [3.8, 4) is 0 Å². The molecule has 0 aliphatic carbocycles. The number of benzene rings is 1. The molecule has 2 nitrogen and oxygen atoms in total. The molecule has 0 unspecified atom stereocenters. The topological polar surface area (TPSA) is 17.8 Å². The van der Waals surface area contributed by atoms with Crippen LogP contribution < -0.4 is 0 Å². The van der Waals surface area contributed by atoms with E-state index in [9.17, 15) is 4.39 Å². The third-order valence-electron chi connectivity index (χ3n) is 2.23. The van der Waals surface area contributed by atoms with E-state index in [2.05, 4.69) is 5.10 Å². The molecule has 2 rings (SSSR count). The molecule has 0 N–H and O–H groups in total. The summed E-state index contributed by atoms with van der Waals surface area (Å²) in [6.45, 7) is 2.02. The Morgan fingerprint density at radius 3 is 2.92 bits per heavy atom. The lowest BCUT2D eigenvalue weighted by atomic mass is 10.2. The van der Waals surface area contributed by atoms with Gasteiger partial charge in [-0.25, -0.2) is 4.39 Å². The molecule has 13 heavy (non-hydrogen) atoms. The largest absolute Gasteiger partial charge is 0.265 e. The van der Waals surface area contributed by atoms with Crippen molar-refractivity contribution >= 4 is 10.9 Å². The van der Waals surface area contributed by atoms with E-state index in [0.717, 1.165) is 17.5 Å². The molecule has 0 atom stereocenters. The van der Waals surface area contributed by atoms with Gasteiger partial charge in [-0.1, -0.05) is 19.1 Å². The fraction of sp³-hybridized carbons (Fsp3) is 0.300. The van der Waals surface area contributed by atoms with Crippen LogP contribution in [0.3, 0.4) is 0 Å². The van der Waals surface area contributed by atoms with Gasteiger partial charge in [0.05, 0.1) is 5.69 Å². The van der Waals surface area contributed by atoms with E-state index >= 15 is 0 Å². The maximum atomic E-state index is 13.3. The zero-order chi connectivity index (χ0) is 9.42. The molecule has 68 valence electrons. The normalized spacial score (nSPS) is 11.0. The maximum Gasteiger partial charge on any atom is 0.149 e. The maximum absolute atomic E-state index is 13.3. The zero-order valence-electron chi connectivity index (χ0n) is 7.71. The van der Waals surface area contributed by atoms with Crippen LogP contribution in [0.2, 0.25) is 0 Å². The SMILES string of the molecule is CCc1nn(C)c2c(F)cccc12. The highest BCUT2D eigenvalue weighted by molar-refractivity contribution is 5.82. The van der Waals surface area contributed by atoms with E-state index in [-0.39, 0.29) is 5.82 Å². The number of halogens is 1. The molecule has 0 radical (unpaired) electrons. The van der Waals surface area contributed by atoms with Gasteiger partial charge in [0.2, 0.25) is 0 Å². The summed E-state index contributed by atoms with van der Waals surface area (Å²) in [5.74, 6) is -0.202. The van der Waals surface area contributed by atoms with E-state index in [1.54, 1.807) is 17.8 Å². The highest BCUT2D eigenvalue weighted by Gasteiger charge is 2.09. The molecule has 0 fully saturated rings. The minimum Gasteiger partial charge on any atom is -0.265 e. The Bertz CT molecular complexity index is 445. The first-order valence-corrected chi connectivity index (χ1v) is 4.34. The summed E-state index contributed by atoms with van der Waals surface area (Å²) in [5, 5.41) is 5.17. The number of hydrogen-bond acceptors (Lipinski definition) is 1. The molecular weight excluding hydrogens is 167 g/mol. The Morgan fingerprint density at radius 1 is 1.46 bits per heavy atom. The van der Waals surface area contributed by atoms with Gasteiger partial charge in [-0.05, 0) is 12.5 Å². The van der Waals surface area contributed by atoms with E-state index in [0.29, 0.717) is 5.52 Å². The van der Waals surface area contributed by atoms with Gasteiger partial charge in [-0.2, -0.15) is 5.10 Å². The average molecular weight is 178 g/mol. The van der Waals surface area contributed by atoms with Gasteiger partial charge in [0.15, 0.2) is 0 Å². The minimum atomic E-state index is -0.202. The molecule has 0 saturated carbocycles. The number of rotatable bonds is 1. The first kappa shape index (κ1) is 8.23. The van der Waals surface area contributed by atoms with Crippen LogP contribution in [0.4, 0.5) is 4.39 Å². The van der Waals surface area contributed by atoms with Gasteiger partial charge >= 0.3 is 0 Å². The highest BCUT2D eigenvalue weighted by Crippen LogP contribution is 2.20. The quantitative estimate of drug-likeness (QED) is 0.655. The monoisotopic (exact) mass is 178 g/mol. The second-order valence-corrected chi connectivity index (χ2v) is 3.06. The van der Waals surface area contributed by atoms with Gasteiger partial charge in [-0.3, -0.25) is 4.68 Å². The molecule has 0 amide bonds. The highest BCUT2D eigenvalue weighted by atomic mass is 19.1. The van der Waals surface area contributed by atoms with Crippen LogP contribution in [0.25, 0.3) is 10.9 Å². The van der Waals surface area contributed by atoms with Gasteiger partial charge in [0.1, 0.15) is 11.3 Å². The molecule has 3 heteroatoms. The number of aromatic nitrogens is 2. The summed E-state index contributed by atoms with van der Waals surface area (Å²) in [5.41, 5.74) is 1.55. The predicted octanol–water partition coefficient (Wildman–Crippen LogP) is 2.27. The van der Waals surface area contributed by atoms with Crippen LogP contribution in [0, 0.1) is 5.82 Å². The van der Waals surface area contributed by atoms with Crippen LogP contribution >= 0.6 is 0 Å². The van der Waals surface area contributed by atoms with E-state index < -0.39 is 0 Å². The molecule has 0 aliphatic rings. The molecule has 0 saturated heterocycles. The Morgan fingerprint density at radius 2 is 2.23 bits per heavy atom. The molecule has 0 spiro atoms. The standard InChI is InChI=1S/C10H11FN2/c1-3-9-7-5-4-6-8(11)10(7)13(2)12-9/h4-6H,3H2,1-2H3. The summed E-state index contributed by atoms with van der Waals surface area (Å²) in [6.07, 6.45) is 0.834. The third kappa shape index (κ3) is 1.11. The van der Waals surface area contributed by atoms with Gasteiger partial charge in [-0.15, -0.1) is 0 Å². The second-order valence-electron chi connectivity index (χ2n) is 3.06. The van der Waals surface area contributed by atoms with Crippen LogP contribution in [0.5, 0.6) is 0 Å². The van der Waals surface area contributed by atoms with Crippen LogP contribution in [-0.2, 0) is 13.5 Å². The molecule has 1 heterocycles. The summed E-state index contributed by atoms with van der Waals surface area (Å²) in [6, 6.07) is 5.09. The lowest BCUT2D eigenvalue weighted by Gasteiger charge is -1.94. The Kier molecular flexibility index (Phi) is 1.79. The molecule has 0 aliphatic heterocycles. The summed E-state index contributed by atoms with van der Waals surface area (Å²) in [4.78, 5) is 0. The first-order chi connectivity index (χ1) is 6.24. The summed E-state index contributed by atoms with van der Waals surface area (Å²) < 4.78 is 14.9. The fourth-order valence-electron chi connectivity index (χ4n) is 1.62. The summed E-state index contributed by atoms with van der Waals surface area (Å²) in [7, 11) is 1.77. The van der Waals surface area contributed by atoms with Crippen LogP contribution in [0.1, 0.15) is 12.6 Å². The first-order valence-electron chi connectivity index (χ1n) is 4.34. The number of para-hydroxylation sites is 1. The molecule has 1 aromatic heterocycles. The smallest absolute Gasteiger partial charge is 0.149 e. The van der Waals surface area contributed by atoms with Crippen molar-refractivity contribution in [2.75, 3.05) is 0 Å². The Balaban J connectivity index is 2.87. The third-order valence-corrected chi connectivity index (χ3v) is 2.23. The minimum absolute atomic E-state index is 0.202. The molecule has 1 aromatic carbocycles.